The Labute approximate surface area is 157 Å². The van der Waals surface area contributed by atoms with E-state index in [0.29, 0.717) is 0 Å². The van der Waals surface area contributed by atoms with Gasteiger partial charge in [0.25, 0.3) is 0 Å². The van der Waals surface area contributed by atoms with Crippen molar-refractivity contribution >= 4 is 37.9 Å². The second-order valence-corrected chi connectivity index (χ2v) is 20.3. The highest BCUT2D eigenvalue weighted by Gasteiger charge is 2.25. The van der Waals surface area contributed by atoms with Gasteiger partial charge >= 0.3 is 0 Å². The number of anilines is 2. The third kappa shape index (κ3) is 4.86. The van der Waals surface area contributed by atoms with Crippen LogP contribution in [-0.4, -0.2) is 21.7 Å². The van der Waals surface area contributed by atoms with Crippen LogP contribution in [0.1, 0.15) is 20.8 Å². The van der Waals surface area contributed by atoms with Crippen LogP contribution in [0.25, 0.3) is 0 Å². The fourth-order valence-corrected chi connectivity index (χ4v) is 5.48. The minimum Gasteiger partial charge on any atom is -0.336 e. The first kappa shape index (κ1) is 20.0. The molecule has 0 saturated carbocycles. The Morgan fingerprint density at radius 3 is 1.04 bits per heavy atom. The SMILES string of the molecule is CC(C)(C)N(c1ccc([Si](C)(C)C)cc1)c1ccc([Si](C)(C)C)cc1. The molecule has 3 heteroatoms. The summed E-state index contributed by atoms with van der Waals surface area (Å²) in [6.45, 7) is 21.3. The second kappa shape index (κ2) is 6.77. The maximum atomic E-state index is 2.45. The van der Waals surface area contributed by atoms with Crippen LogP contribution in [0.15, 0.2) is 48.5 Å². The molecule has 2 aromatic carbocycles. The Hall–Kier alpha value is -1.33. The van der Waals surface area contributed by atoms with Gasteiger partial charge in [0.05, 0.1) is 16.1 Å². The molecule has 0 aliphatic heterocycles. The predicted octanol–water partition coefficient (Wildman–Crippen LogP) is 5.71. The van der Waals surface area contributed by atoms with Crippen LogP contribution in [0.5, 0.6) is 0 Å². The summed E-state index contributed by atoms with van der Waals surface area (Å²) in [7, 11) is -2.52. The molecule has 0 radical (unpaired) electrons. The van der Waals surface area contributed by atoms with E-state index in [0.717, 1.165) is 0 Å². The number of nitrogens with zero attached hydrogens (tertiary/aromatic N) is 1. The third-order valence-corrected chi connectivity index (χ3v) is 8.78. The number of hydrogen-bond acceptors (Lipinski definition) is 1. The summed E-state index contributed by atoms with van der Waals surface area (Å²) in [5.41, 5.74) is 2.58. The van der Waals surface area contributed by atoms with Crippen LogP contribution in [0.2, 0.25) is 39.3 Å². The van der Waals surface area contributed by atoms with E-state index in [9.17, 15) is 0 Å². The molecule has 0 fully saturated rings. The van der Waals surface area contributed by atoms with Crippen LogP contribution in [0.4, 0.5) is 11.4 Å². The van der Waals surface area contributed by atoms with Crippen molar-refractivity contribution in [3.63, 3.8) is 0 Å². The second-order valence-electron chi connectivity index (χ2n) is 10.1. The molecule has 2 rings (SSSR count). The predicted molar refractivity (Wildman–Crippen MR) is 121 cm³/mol. The Balaban J connectivity index is 2.44. The van der Waals surface area contributed by atoms with Gasteiger partial charge < -0.3 is 4.90 Å². The first-order chi connectivity index (χ1) is 11.3. The first-order valence-corrected chi connectivity index (χ1v) is 16.3. The molecule has 25 heavy (non-hydrogen) atoms. The topological polar surface area (TPSA) is 3.24 Å². The number of rotatable bonds is 4. The van der Waals surface area contributed by atoms with Gasteiger partial charge in [0.2, 0.25) is 0 Å². The highest BCUT2D eigenvalue weighted by Crippen LogP contribution is 2.32. The molecular weight excluding hydrogens is 334 g/mol. The summed E-state index contributed by atoms with van der Waals surface area (Å²) < 4.78 is 0. The van der Waals surface area contributed by atoms with Crippen molar-refractivity contribution in [2.45, 2.75) is 65.6 Å². The van der Waals surface area contributed by atoms with E-state index in [1.165, 1.54) is 21.7 Å². The molecular formula is C22H35NSi2. The van der Waals surface area contributed by atoms with Crippen LogP contribution in [-0.2, 0) is 0 Å². The van der Waals surface area contributed by atoms with E-state index in [4.69, 9.17) is 0 Å². The molecule has 136 valence electrons. The number of benzene rings is 2. The van der Waals surface area contributed by atoms with Crippen LogP contribution in [0, 0.1) is 0 Å². The van der Waals surface area contributed by atoms with Crippen molar-refractivity contribution in [2.75, 3.05) is 4.90 Å². The van der Waals surface area contributed by atoms with Gasteiger partial charge in [-0.05, 0) is 45.0 Å². The summed E-state index contributed by atoms with van der Waals surface area (Å²) in [6, 6.07) is 18.5. The van der Waals surface area contributed by atoms with Gasteiger partial charge in [0.15, 0.2) is 0 Å². The lowest BCUT2D eigenvalue weighted by Crippen LogP contribution is -2.40. The van der Waals surface area contributed by atoms with E-state index >= 15 is 0 Å². The minimum atomic E-state index is -1.26. The Bertz CT molecular complexity index is 639. The zero-order chi connectivity index (χ0) is 19.0. The monoisotopic (exact) mass is 369 g/mol. The van der Waals surface area contributed by atoms with Crippen molar-refractivity contribution < 1.29 is 0 Å². The molecule has 0 aliphatic carbocycles. The lowest BCUT2D eigenvalue weighted by Gasteiger charge is -2.38. The molecule has 0 bridgehead atoms. The van der Waals surface area contributed by atoms with E-state index in [1.807, 2.05) is 0 Å². The maximum absolute atomic E-state index is 2.45. The molecule has 0 atom stereocenters. The zero-order valence-electron chi connectivity index (χ0n) is 17.6. The molecule has 0 aromatic heterocycles. The van der Waals surface area contributed by atoms with Crippen LogP contribution >= 0.6 is 0 Å². The van der Waals surface area contributed by atoms with Gasteiger partial charge in [0.1, 0.15) is 0 Å². The molecule has 0 amide bonds. The maximum Gasteiger partial charge on any atom is 0.0775 e. The van der Waals surface area contributed by atoms with E-state index < -0.39 is 16.1 Å². The van der Waals surface area contributed by atoms with Crippen molar-refractivity contribution in [3.05, 3.63) is 48.5 Å². The fourth-order valence-electron chi connectivity index (χ4n) is 3.14. The van der Waals surface area contributed by atoms with Crippen LogP contribution < -0.4 is 15.3 Å². The molecule has 0 aliphatic rings. The average molecular weight is 370 g/mol. The Morgan fingerprint density at radius 2 is 0.840 bits per heavy atom. The largest absolute Gasteiger partial charge is 0.336 e. The van der Waals surface area contributed by atoms with Gasteiger partial charge in [-0.15, -0.1) is 0 Å². The summed E-state index contributed by atoms with van der Waals surface area (Å²) in [4.78, 5) is 2.45. The normalized spacial score (nSPS) is 13.0. The molecule has 0 N–H and O–H groups in total. The van der Waals surface area contributed by atoms with Crippen molar-refractivity contribution in [3.8, 4) is 0 Å². The summed E-state index contributed by atoms with van der Waals surface area (Å²) in [5.74, 6) is 0. The fraction of sp³-hybridized carbons (Fsp3) is 0.455. The van der Waals surface area contributed by atoms with E-state index in [-0.39, 0.29) is 5.54 Å². The lowest BCUT2D eigenvalue weighted by atomic mass is 10.0. The Morgan fingerprint density at radius 1 is 0.560 bits per heavy atom. The summed E-state index contributed by atoms with van der Waals surface area (Å²) in [6.07, 6.45) is 0. The summed E-state index contributed by atoms with van der Waals surface area (Å²) in [5, 5.41) is 3.03. The van der Waals surface area contributed by atoms with Gasteiger partial charge in [-0.1, -0.05) is 73.9 Å². The lowest BCUT2D eigenvalue weighted by molar-refractivity contribution is 0.560. The molecule has 1 nitrogen and oxygen atoms in total. The first-order valence-electron chi connectivity index (χ1n) is 9.31. The quantitative estimate of drug-likeness (QED) is 0.624. The van der Waals surface area contributed by atoms with E-state index in [2.05, 4.69) is 113 Å². The van der Waals surface area contributed by atoms with Gasteiger partial charge in [0, 0.05) is 16.9 Å². The minimum absolute atomic E-state index is 0.0291. The summed E-state index contributed by atoms with van der Waals surface area (Å²) >= 11 is 0. The highest BCUT2D eigenvalue weighted by molar-refractivity contribution is 6.89. The molecule has 0 heterocycles. The van der Waals surface area contributed by atoms with Crippen LogP contribution in [0.3, 0.4) is 0 Å². The van der Waals surface area contributed by atoms with Crippen molar-refractivity contribution in [2.24, 2.45) is 0 Å². The standard InChI is InChI=1S/C22H35NSi2/c1-22(2,3)23(18-10-14-20(15-11-18)24(4,5)6)19-12-16-21(17-13-19)25(7,8)9/h10-17H,1-9H3. The molecule has 2 aromatic rings. The van der Waals surface area contributed by atoms with E-state index in [1.54, 1.807) is 0 Å². The Kier molecular flexibility index (Phi) is 5.41. The zero-order valence-corrected chi connectivity index (χ0v) is 19.6. The number of hydrogen-bond donors (Lipinski definition) is 0. The van der Waals surface area contributed by atoms with Gasteiger partial charge in [-0.2, -0.15) is 0 Å². The third-order valence-electron chi connectivity index (χ3n) is 4.65. The molecule has 0 saturated heterocycles. The highest BCUT2D eigenvalue weighted by atomic mass is 28.3. The van der Waals surface area contributed by atoms with Crippen molar-refractivity contribution in [1.82, 2.24) is 0 Å². The molecule has 0 spiro atoms. The average Bonchev–Trinajstić information content (AvgIpc) is 2.45. The molecule has 0 unspecified atom stereocenters. The smallest absolute Gasteiger partial charge is 0.0775 e. The van der Waals surface area contributed by atoms with Gasteiger partial charge in [-0.3, -0.25) is 0 Å². The van der Waals surface area contributed by atoms with Crippen molar-refractivity contribution in [1.29, 1.82) is 0 Å². The van der Waals surface area contributed by atoms with Gasteiger partial charge in [-0.25, -0.2) is 0 Å².